The van der Waals surface area contributed by atoms with E-state index < -0.39 is 8.07 Å². The molecule has 0 fully saturated rings. The van der Waals surface area contributed by atoms with Crippen LogP contribution in [0.4, 0.5) is 5.69 Å². The van der Waals surface area contributed by atoms with Gasteiger partial charge in [0.1, 0.15) is 0 Å². The summed E-state index contributed by atoms with van der Waals surface area (Å²) in [7, 11) is -2.43. The molecule has 1 N–H and O–H groups in total. The molecule has 1 aliphatic heterocycles. The van der Waals surface area contributed by atoms with Gasteiger partial charge in [-0.3, -0.25) is 0 Å². The number of aliphatic imine (C=N–C) groups is 1. The summed E-state index contributed by atoms with van der Waals surface area (Å²) < 4.78 is 3.30. The molecule has 0 spiro atoms. The molecule has 0 saturated heterocycles. The Morgan fingerprint density at radius 3 is 2.38 bits per heavy atom. The van der Waals surface area contributed by atoms with E-state index in [1.807, 2.05) is 12.1 Å². The van der Waals surface area contributed by atoms with Crippen molar-refractivity contribution < 1.29 is 9.90 Å². The van der Waals surface area contributed by atoms with Crippen molar-refractivity contribution in [2.75, 3.05) is 0 Å². The van der Waals surface area contributed by atoms with Crippen LogP contribution in [0.15, 0.2) is 54.4 Å². The first kappa shape index (κ1) is 21.3. The Labute approximate surface area is 194 Å². The van der Waals surface area contributed by atoms with Crippen molar-refractivity contribution in [3.8, 4) is 15.8 Å². The van der Waals surface area contributed by atoms with Crippen molar-refractivity contribution in [2.24, 2.45) is 4.99 Å². The zero-order chi connectivity index (χ0) is 21.1. The molecule has 150 valence electrons. The molecule has 4 rings (SSSR count). The summed E-state index contributed by atoms with van der Waals surface area (Å²) in [5.74, 6) is 0.327. The summed E-state index contributed by atoms with van der Waals surface area (Å²) in [6.07, 6.45) is 5.28. The van der Waals surface area contributed by atoms with Crippen molar-refractivity contribution in [1.82, 2.24) is 0 Å². The zero-order valence-corrected chi connectivity index (χ0v) is 22.5. The van der Waals surface area contributed by atoms with Crippen LogP contribution in [-0.2, 0) is 4.79 Å². The second-order valence-corrected chi connectivity index (χ2v) is 18.2. The van der Waals surface area contributed by atoms with E-state index in [2.05, 4.69) is 65.6 Å². The van der Waals surface area contributed by atoms with Gasteiger partial charge < -0.3 is 0 Å². The van der Waals surface area contributed by atoms with Gasteiger partial charge in [0.25, 0.3) is 0 Å². The molecule has 1 aromatic heterocycles. The van der Waals surface area contributed by atoms with Gasteiger partial charge in [-0.15, -0.1) is 0 Å². The summed E-state index contributed by atoms with van der Waals surface area (Å²) in [5.41, 5.74) is 3.45. The molecule has 2 heterocycles. The topological polar surface area (TPSA) is 49.7 Å². The van der Waals surface area contributed by atoms with Crippen LogP contribution in [0.2, 0.25) is 11.1 Å². The molecule has 1 aromatic carbocycles. The number of hydrogen-bond acceptors (Lipinski definition) is 3. The number of aromatic hydroxyl groups is 1. The van der Waals surface area contributed by atoms with Gasteiger partial charge in [0, 0.05) is 0 Å². The third-order valence-electron chi connectivity index (χ3n) is 5.94. The molecule has 7 heteroatoms. The van der Waals surface area contributed by atoms with Gasteiger partial charge in [-0.25, -0.2) is 0 Å². The van der Waals surface area contributed by atoms with E-state index in [4.69, 9.17) is 4.99 Å². The Morgan fingerprint density at radius 2 is 1.79 bits per heavy atom. The minimum atomic E-state index is -2.43. The molecule has 0 atom stereocenters. The first-order valence-electron chi connectivity index (χ1n) is 9.52. The Hall–Kier alpha value is -0.984. The molecule has 1 aliphatic carbocycles. The van der Waals surface area contributed by atoms with Crippen LogP contribution in [0.25, 0.3) is 10.0 Å². The Balaban J connectivity index is 2.17. The summed E-state index contributed by atoms with van der Waals surface area (Å²) in [4.78, 5) is 17.3. The fourth-order valence-corrected chi connectivity index (χ4v) is 15.0. The maximum absolute atomic E-state index is 12.4. The van der Waals surface area contributed by atoms with Crippen molar-refractivity contribution >= 4 is 76.8 Å². The number of carbonyl (C=O) groups is 1. The molecule has 3 nitrogen and oxygen atoms in total. The number of phenols is 1. The van der Waals surface area contributed by atoms with Crippen molar-refractivity contribution in [2.45, 2.75) is 38.8 Å². The quantitative estimate of drug-likeness (QED) is 0.359. The van der Waals surface area contributed by atoms with E-state index >= 15 is 0 Å². The Kier molecular flexibility index (Phi) is 5.58. The Morgan fingerprint density at radius 1 is 1.10 bits per heavy atom. The van der Waals surface area contributed by atoms with Crippen molar-refractivity contribution in [3.05, 3.63) is 49.4 Å². The van der Waals surface area contributed by atoms with Gasteiger partial charge in [-0.1, -0.05) is 0 Å². The van der Waals surface area contributed by atoms with Crippen LogP contribution in [0.5, 0.6) is 5.75 Å². The third-order valence-corrected chi connectivity index (χ3v) is 17.2. The van der Waals surface area contributed by atoms with Gasteiger partial charge in [-0.05, 0) is 0 Å². The molecule has 2 aromatic rings. The number of ketones is 1. The van der Waals surface area contributed by atoms with Crippen LogP contribution in [-0.4, -0.2) is 39.2 Å². The van der Waals surface area contributed by atoms with Crippen molar-refractivity contribution in [1.29, 1.82) is 0 Å². The zero-order valence-electron chi connectivity index (χ0n) is 16.6. The fourth-order valence-electron chi connectivity index (χ4n) is 4.89. The average Bonchev–Trinajstić information content (AvgIpc) is 2.97. The number of allylic oxidation sites excluding steroid dienone is 4. The number of phenolic OH excluding ortho intramolecular Hbond substituents is 1. The van der Waals surface area contributed by atoms with Crippen LogP contribution in [0.3, 0.4) is 0 Å². The summed E-state index contributed by atoms with van der Waals surface area (Å²) in [5, 5.41) is 13.3. The normalized spacial score (nSPS) is 17.3. The summed E-state index contributed by atoms with van der Waals surface area (Å²) >= 11 is 7.35. The average molecular weight is 598 g/mol. The van der Waals surface area contributed by atoms with Gasteiger partial charge in [0.05, 0.1) is 0 Å². The molecule has 2 aliphatic rings. The molecule has 0 saturated carbocycles. The molecular weight excluding hydrogens is 577 g/mol. The van der Waals surface area contributed by atoms with Gasteiger partial charge in [-0.2, -0.15) is 0 Å². The van der Waals surface area contributed by atoms with Crippen LogP contribution in [0.1, 0.15) is 27.7 Å². The monoisotopic (exact) mass is 597 g/mol. The molecule has 0 unspecified atom stereocenters. The van der Waals surface area contributed by atoms with Crippen LogP contribution < -0.4 is 5.19 Å². The fraction of sp³-hybridized carbons (Fsp3) is 0.273. The third kappa shape index (κ3) is 3.17. The summed E-state index contributed by atoms with van der Waals surface area (Å²) in [6, 6.07) is 5.81. The summed E-state index contributed by atoms with van der Waals surface area (Å²) in [6.45, 7) is 9.03. The van der Waals surface area contributed by atoms with Crippen LogP contribution in [0, 0.1) is 0 Å². The second kappa shape index (κ2) is 7.61. The molecule has 0 bridgehead atoms. The van der Waals surface area contributed by atoms with Crippen LogP contribution >= 0.6 is 31.9 Å². The first-order valence-corrected chi connectivity index (χ1v) is 15.0. The number of halogens is 2. The molecule has 0 amide bonds. The van der Waals surface area contributed by atoms with E-state index in [1.54, 1.807) is 18.2 Å². The molecule has 29 heavy (non-hydrogen) atoms. The number of fused-ring (bicyclic) bond motifs is 2. The first-order chi connectivity index (χ1) is 13.7. The standard InChI is InChI=1S/C22H21Br2NO2SeSi/c1-11(2)29(12(3)4)19-9-13(26)5-6-15(19)25-16-7-8-17(27)20(21(16)29)18-10-14(23)22(24)28-18/h5-12,27H,1-4H3. The van der Waals surface area contributed by atoms with E-state index in [1.165, 1.54) is 5.19 Å². The van der Waals surface area contributed by atoms with Gasteiger partial charge in [0.2, 0.25) is 0 Å². The SMILES string of the molecule is CC(C)[Si]1(C(C)C)C2=CC(=O)C=CC2=Nc2ccc(O)c(-c3cc(Br)c(Br)[se]3)c21. The van der Waals surface area contributed by atoms with Gasteiger partial charge in [0.15, 0.2) is 0 Å². The number of nitrogens with zero attached hydrogens (tertiary/aromatic N) is 1. The second-order valence-electron chi connectivity index (χ2n) is 8.06. The predicted octanol–water partition coefficient (Wildman–Crippen LogP) is 5.81. The van der Waals surface area contributed by atoms with E-state index in [9.17, 15) is 9.90 Å². The molecule has 0 radical (unpaired) electrons. The molecular formula is C22H21Br2NO2SeSi. The maximum atomic E-state index is 12.4. The number of carbonyl (C=O) groups excluding carboxylic acids is 1. The number of hydrogen-bond donors (Lipinski definition) is 1. The Bertz CT molecular complexity index is 1100. The number of benzene rings is 1. The van der Waals surface area contributed by atoms with E-state index in [-0.39, 0.29) is 20.3 Å². The van der Waals surface area contributed by atoms with Crippen molar-refractivity contribution in [3.63, 3.8) is 0 Å². The van der Waals surface area contributed by atoms with E-state index in [0.717, 1.165) is 34.4 Å². The number of rotatable bonds is 3. The minimum absolute atomic E-state index is 0.0266. The van der Waals surface area contributed by atoms with Gasteiger partial charge >= 0.3 is 196 Å². The van der Waals surface area contributed by atoms with E-state index in [0.29, 0.717) is 16.8 Å². The predicted molar refractivity (Wildman–Crippen MR) is 131 cm³/mol.